The summed E-state index contributed by atoms with van der Waals surface area (Å²) in [5.74, 6) is 0. The fourth-order valence-corrected chi connectivity index (χ4v) is 2.26. The second kappa shape index (κ2) is 3.53. The Labute approximate surface area is 95.9 Å². The van der Waals surface area contributed by atoms with Crippen molar-refractivity contribution in [3.63, 3.8) is 0 Å². The first-order valence-electron chi connectivity index (χ1n) is 4.78. The largest absolute Gasteiger partial charge is 0.389 e. The van der Waals surface area contributed by atoms with E-state index in [1.807, 2.05) is 30.3 Å². The van der Waals surface area contributed by atoms with Gasteiger partial charge in [0.05, 0.1) is 11.6 Å². The van der Waals surface area contributed by atoms with Gasteiger partial charge in [0.15, 0.2) is 5.65 Å². The van der Waals surface area contributed by atoms with Gasteiger partial charge >= 0.3 is 0 Å². The van der Waals surface area contributed by atoms with Gasteiger partial charge in [-0.3, -0.25) is 0 Å². The molecule has 0 aliphatic heterocycles. The number of nitrogen functional groups attached to an aromatic ring is 1. The van der Waals surface area contributed by atoms with Crippen LogP contribution in [0.25, 0.3) is 22.2 Å². The summed E-state index contributed by atoms with van der Waals surface area (Å²) >= 11 is 1.25. The van der Waals surface area contributed by atoms with Crippen LogP contribution in [0.4, 0.5) is 5.00 Å². The average molecular weight is 228 g/mol. The lowest BCUT2D eigenvalue weighted by Crippen LogP contribution is -1.88. The van der Waals surface area contributed by atoms with Crippen molar-refractivity contribution in [1.29, 1.82) is 0 Å². The molecule has 0 aliphatic rings. The second-order valence-corrected chi connectivity index (χ2v) is 4.17. The zero-order valence-corrected chi connectivity index (χ0v) is 9.11. The third-order valence-corrected chi connectivity index (χ3v) is 3.06. The van der Waals surface area contributed by atoms with Crippen LogP contribution in [0, 0.1) is 0 Å². The van der Waals surface area contributed by atoms with Crippen LogP contribution in [-0.4, -0.2) is 14.6 Å². The SMILES string of the molecule is Nc1snc2nncc(-c3ccccc3)c12. The molecule has 2 heterocycles. The van der Waals surface area contributed by atoms with Crippen LogP contribution in [0.3, 0.4) is 0 Å². The molecule has 0 spiro atoms. The van der Waals surface area contributed by atoms with Crippen molar-refractivity contribution in [2.24, 2.45) is 0 Å². The van der Waals surface area contributed by atoms with Crippen molar-refractivity contribution < 1.29 is 0 Å². The lowest BCUT2D eigenvalue weighted by atomic mass is 10.1. The topological polar surface area (TPSA) is 64.7 Å². The van der Waals surface area contributed by atoms with E-state index in [2.05, 4.69) is 14.6 Å². The third kappa shape index (κ3) is 1.33. The zero-order valence-electron chi connectivity index (χ0n) is 8.29. The maximum Gasteiger partial charge on any atom is 0.197 e. The maximum atomic E-state index is 5.90. The predicted octanol–water partition coefficient (Wildman–Crippen LogP) is 2.34. The Balaban J connectivity index is 2.36. The molecule has 0 unspecified atom stereocenters. The van der Waals surface area contributed by atoms with Crippen LogP contribution in [0.5, 0.6) is 0 Å². The van der Waals surface area contributed by atoms with Gasteiger partial charge in [0.1, 0.15) is 5.00 Å². The third-order valence-electron chi connectivity index (χ3n) is 2.39. The van der Waals surface area contributed by atoms with Crippen molar-refractivity contribution in [1.82, 2.24) is 14.6 Å². The molecule has 5 heteroatoms. The number of fused-ring (bicyclic) bond motifs is 1. The highest BCUT2D eigenvalue weighted by atomic mass is 32.1. The van der Waals surface area contributed by atoms with Gasteiger partial charge in [0.2, 0.25) is 0 Å². The summed E-state index contributed by atoms with van der Waals surface area (Å²) in [6.07, 6.45) is 1.72. The van der Waals surface area contributed by atoms with E-state index in [0.29, 0.717) is 10.6 Å². The number of hydrogen-bond donors (Lipinski definition) is 1. The van der Waals surface area contributed by atoms with Gasteiger partial charge in [-0.05, 0) is 17.1 Å². The molecule has 0 aliphatic carbocycles. The standard InChI is InChI=1S/C11H8N4S/c12-10-9-8(7-4-2-1-3-5-7)6-13-14-11(9)15-16-10/h1-6H,12H2. The van der Waals surface area contributed by atoms with Crippen LogP contribution < -0.4 is 5.73 Å². The first kappa shape index (κ1) is 9.23. The van der Waals surface area contributed by atoms with Gasteiger partial charge in [0, 0.05) is 5.56 Å². The molecule has 3 rings (SSSR count). The quantitative estimate of drug-likeness (QED) is 0.694. The van der Waals surface area contributed by atoms with Crippen LogP contribution in [0.2, 0.25) is 0 Å². The molecule has 2 aromatic heterocycles. The predicted molar refractivity (Wildman–Crippen MR) is 65.1 cm³/mol. The summed E-state index contributed by atoms with van der Waals surface area (Å²) in [5.41, 5.74) is 8.58. The number of aromatic nitrogens is 3. The van der Waals surface area contributed by atoms with E-state index in [0.717, 1.165) is 16.5 Å². The number of benzene rings is 1. The van der Waals surface area contributed by atoms with E-state index in [-0.39, 0.29) is 0 Å². The monoisotopic (exact) mass is 228 g/mol. The smallest absolute Gasteiger partial charge is 0.197 e. The first-order chi connectivity index (χ1) is 7.86. The highest BCUT2D eigenvalue weighted by molar-refractivity contribution is 7.11. The molecule has 0 radical (unpaired) electrons. The lowest BCUT2D eigenvalue weighted by molar-refractivity contribution is 1.07. The summed E-state index contributed by atoms with van der Waals surface area (Å²) in [6, 6.07) is 9.99. The minimum atomic E-state index is 0.615. The molecule has 0 amide bonds. The molecule has 78 valence electrons. The molecule has 0 bridgehead atoms. The van der Waals surface area contributed by atoms with E-state index in [4.69, 9.17) is 5.73 Å². The first-order valence-corrected chi connectivity index (χ1v) is 5.55. The Morgan fingerprint density at radius 2 is 1.94 bits per heavy atom. The van der Waals surface area contributed by atoms with Crippen molar-refractivity contribution in [3.05, 3.63) is 36.5 Å². The Hall–Kier alpha value is -2.01. The number of nitrogens with two attached hydrogens (primary N) is 1. The molecule has 2 N–H and O–H groups in total. The molecule has 0 saturated heterocycles. The van der Waals surface area contributed by atoms with Crippen LogP contribution in [-0.2, 0) is 0 Å². The van der Waals surface area contributed by atoms with Crippen molar-refractivity contribution in [2.45, 2.75) is 0 Å². The molecule has 4 nitrogen and oxygen atoms in total. The lowest BCUT2D eigenvalue weighted by Gasteiger charge is -2.01. The van der Waals surface area contributed by atoms with Crippen LogP contribution in [0.1, 0.15) is 0 Å². The van der Waals surface area contributed by atoms with Crippen molar-refractivity contribution in [2.75, 3.05) is 5.73 Å². The highest BCUT2D eigenvalue weighted by Crippen LogP contribution is 2.32. The van der Waals surface area contributed by atoms with Gasteiger partial charge < -0.3 is 5.73 Å². The second-order valence-electron chi connectivity index (χ2n) is 3.37. The fraction of sp³-hybridized carbons (Fsp3) is 0. The van der Waals surface area contributed by atoms with E-state index >= 15 is 0 Å². The van der Waals surface area contributed by atoms with E-state index in [1.54, 1.807) is 6.20 Å². The summed E-state index contributed by atoms with van der Waals surface area (Å²) in [6.45, 7) is 0. The fourth-order valence-electron chi connectivity index (χ4n) is 1.66. The van der Waals surface area contributed by atoms with Crippen LogP contribution in [0.15, 0.2) is 36.5 Å². The molecule has 16 heavy (non-hydrogen) atoms. The Morgan fingerprint density at radius 3 is 2.75 bits per heavy atom. The summed E-state index contributed by atoms with van der Waals surface area (Å²) in [4.78, 5) is 0. The molecular weight excluding hydrogens is 220 g/mol. The van der Waals surface area contributed by atoms with Gasteiger partial charge in [-0.1, -0.05) is 30.3 Å². The highest BCUT2D eigenvalue weighted by Gasteiger charge is 2.11. The minimum Gasteiger partial charge on any atom is -0.389 e. The van der Waals surface area contributed by atoms with E-state index < -0.39 is 0 Å². The van der Waals surface area contributed by atoms with Crippen molar-refractivity contribution in [3.8, 4) is 11.1 Å². The number of rotatable bonds is 1. The summed E-state index contributed by atoms with van der Waals surface area (Å²) in [5, 5.41) is 9.48. The molecular formula is C11H8N4S. The number of nitrogens with zero attached hydrogens (tertiary/aromatic N) is 3. The Morgan fingerprint density at radius 1 is 1.12 bits per heavy atom. The number of anilines is 1. The van der Waals surface area contributed by atoms with Gasteiger partial charge in [-0.15, -0.1) is 5.10 Å². The molecule has 1 aromatic carbocycles. The van der Waals surface area contributed by atoms with E-state index in [9.17, 15) is 0 Å². The normalized spacial score (nSPS) is 10.8. The molecule has 0 atom stereocenters. The summed E-state index contributed by atoms with van der Waals surface area (Å²) in [7, 11) is 0. The molecule has 3 aromatic rings. The van der Waals surface area contributed by atoms with E-state index in [1.165, 1.54) is 11.5 Å². The van der Waals surface area contributed by atoms with Crippen molar-refractivity contribution >= 4 is 27.6 Å². The average Bonchev–Trinajstić information content (AvgIpc) is 2.73. The minimum absolute atomic E-state index is 0.615. The van der Waals surface area contributed by atoms with Gasteiger partial charge in [-0.25, -0.2) is 0 Å². The zero-order chi connectivity index (χ0) is 11.0. The summed E-state index contributed by atoms with van der Waals surface area (Å²) < 4.78 is 4.15. The Bertz CT molecular complexity index is 633. The number of hydrogen-bond acceptors (Lipinski definition) is 5. The Kier molecular flexibility index (Phi) is 2.04. The molecule has 0 fully saturated rings. The van der Waals surface area contributed by atoms with Crippen LogP contribution >= 0.6 is 11.5 Å². The van der Waals surface area contributed by atoms with Gasteiger partial charge in [-0.2, -0.15) is 9.47 Å². The van der Waals surface area contributed by atoms with Gasteiger partial charge in [0.25, 0.3) is 0 Å². The maximum absolute atomic E-state index is 5.90. The molecule has 0 saturated carbocycles.